The smallest absolute Gasteiger partial charge is 0.124 e. The second-order valence-electron chi connectivity index (χ2n) is 4.53. The quantitative estimate of drug-likeness (QED) is 0.710. The van der Waals surface area contributed by atoms with Crippen molar-refractivity contribution in [3.05, 3.63) is 57.6 Å². The summed E-state index contributed by atoms with van der Waals surface area (Å²) in [5, 5.41) is -0.295. The molecule has 0 saturated heterocycles. The van der Waals surface area contributed by atoms with E-state index in [2.05, 4.69) is 28.1 Å². The van der Waals surface area contributed by atoms with E-state index in [0.717, 1.165) is 32.7 Å². The Hall–Kier alpha value is -1.19. The maximum absolute atomic E-state index is 6.63. The molecule has 0 saturated carbocycles. The van der Waals surface area contributed by atoms with E-state index in [9.17, 15) is 0 Å². The molecule has 0 aromatic heterocycles. The zero-order chi connectivity index (χ0) is 14.7. The van der Waals surface area contributed by atoms with Gasteiger partial charge in [0.2, 0.25) is 0 Å². The van der Waals surface area contributed by atoms with Crippen molar-refractivity contribution in [1.29, 1.82) is 0 Å². The molecule has 0 aliphatic rings. The number of hydrogen-bond acceptors (Lipinski definition) is 2. The van der Waals surface area contributed by atoms with Crippen molar-refractivity contribution in [2.75, 3.05) is 14.2 Å². The summed E-state index contributed by atoms with van der Waals surface area (Å²) < 4.78 is 11.7. The van der Waals surface area contributed by atoms with Crippen molar-refractivity contribution < 1.29 is 9.47 Å². The molecule has 2 nitrogen and oxygen atoms in total. The number of ether oxygens (including phenoxy) is 2. The van der Waals surface area contributed by atoms with E-state index in [1.807, 2.05) is 31.2 Å². The summed E-state index contributed by atoms with van der Waals surface area (Å²) in [6.07, 6.45) is 0. The van der Waals surface area contributed by atoms with Crippen LogP contribution in [0.5, 0.6) is 11.5 Å². The van der Waals surface area contributed by atoms with Crippen LogP contribution in [0.25, 0.3) is 0 Å². The first-order valence-electron chi connectivity index (χ1n) is 6.18. The van der Waals surface area contributed by atoms with E-state index in [4.69, 9.17) is 21.1 Å². The second-order valence-corrected chi connectivity index (χ2v) is 5.88. The Balaban J connectivity index is 2.48. The lowest BCUT2D eigenvalue weighted by molar-refractivity contribution is 0.399. The minimum absolute atomic E-state index is 0.295. The molecule has 106 valence electrons. The van der Waals surface area contributed by atoms with Gasteiger partial charge >= 0.3 is 0 Å². The number of halogens is 2. The molecule has 0 bridgehead atoms. The van der Waals surface area contributed by atoms with Crippen molar-refractivity contribution >= 4 is 27.5 Å². The first-order valence-corrected chi connectivity index (χ1v) is 7.41. The fraction of sp³-hybridized carbons (Fsp3) is 0.250. The number of rotatable bonds is 4. The molecule has 0 aliphatic heterocycles. The van der Waals surface area contributed by atoms with Gasteiger partial charge in [-0.1, -0.05) is 22.0 Å². The third kappa shape index (κ3) is 3.28. The van der Waals surface area contributed by atoms with Gasteiger partial charge in [0.15, 0.2) is 0 Å². The summed E-state index contributed by atoms with van der Waals surface area (Å²) >= 11 is 10.1. The van der Waals surface area contributed by atoms with Gasteiger partial charge in [-0.2, -0.15) is 0 Å². The van der Waals surface area contributed by atoms with Gasteiger partial charge in [0.1, 0.15) is 11.5 Å². The monoisotopic (exact) mass is 354 g/mol. The van der Waals surface area contributed by atoms with Gasteiger partial charge in [-0.3, -0.25) is 0 Å². The molecule has 4 heteroatoms. The highest BCUT2D eigenvalue weighted by molar-refractivity contribution is 9.10. The maximum Gasteiger partial charge on any atom is 0.124 e. The first kappa shape index (κ1) is 15.2. The molecule has 0 aliphatic carbocycles. The molecule has 2 aromatic rings. The Morgan fingerprint density at radius 2 is 1.80 bits per heavy atom. The summed E-state index contributed by atoms with van der Waals surface area (Å²) in [6, 6.07) is 11.8. The van der Waals surface area contributed by atoms with Crippen molar-refractivity contribution in [3.63, 3.8) is 0 Å². The highest BCUT2D eigenvalue weighted by Crippen LogP contribution is 2.38. The highest BCUT2D eigenvalue weighted by atomic mass is 79.9. The largest absolute Gasteiger partial charge is 0.497 e. The Morgan fingerprint density at radius 3 is 2.40 bits per heavy atom. The molecule has 0 spiro atoms. The molecule has 0 amide bonds. The van der Waals surface area contributed by atoms with Crippen molar-refractivity contribution in [1.82, 2.24) is 0 Å². The van der Waals surface area contributed by atoms with E-state index < -0.39 is 0 Å². The predicted molar refractivity (Wildman–Crippen MR) is 86.1 cm³/mol. The molecule has 1 atom stereocenters. The number of aryl methyl sites for hydroxylation is 1. The zero-order valence-electron chi connectivity index (χ0n) is 11.6. The van der Waals surface area contributed by atoms with Gasteiger partial charge in [0.25, 0.3) is 0 Å². The van der Waals surface area contributed by atoms with E-state index in [-0.39, 0.29) is 5.38 Å². The minimum atomic E-state index is -0.295. The Morgan fingerprint density at radius 1 is 1.05 bits per heavy atom. The molecule has 0 radical (unpaired) electrons. The number of hydrogen-bond donors (Lipinski definition) is 0. The molecule has 20 heavy (non-hydrogen) atoms. The molecular weight excluding hydrogens is 340 g/mol. The Labute approximate surface area is 132 Å². The van der Waals surface area contributed by atoms with Crippen LogP contribution in [-0.4, -0.2) is 14.2 Å². The van der Waals surface area contributed by atoms with Gasteiger partial charge in [0, 0.05) is 10.0 Å². The summed E-state index contributed by atoms with van der Waals surface area (Å²) in [4.78, 5) is 0. The summed E-state index contributed by atoms with van der Waals surface area (Å²) in [5.74, 6) is 1.52. The van der Waals surface area contributed by atoms with Gasteiger partial charge in [0.05, 0.1) is 19.6 Å². The van der Waals surface area contributed by atoms with Crippen LogP contribution in [0.15, 0.2) is 40.9 Å². The lowest BCUT2D eigenvalue weighted by Crippen LogP contribution is -1.99. The van der Waals surface area contributed by atoms with E-state index in [1.165, 1.54) is 0 Å². The zero-order valence-corrected chi connectivity index (χ0v) is 14.0. The third-order valence-corrected chi connectivity index (χ3v) is 4.01. The average molecular weight is 356 g/mol. The Bertz CT molecular complexity index is 593. The van der Waals surface area contributed by atoms with Gasteiger partial charge in [-0.15, -0.1) is 11.6 Å². The highest BCUT2D eigenvalue weighted by Gasteiger charge is 2.17. The second kappa shape index (κ2) is 6.51. The maximum atomic E-state index is 6.63. The molecule has 0 heterocycles. The SMILES string of the molecule is COc1ccc(OC)c(C(Cl)c2cc(C)cc(Br)c2)c1. The van der Waals surface area contributed by atoms with E-state index in [0.29, 0.717) is 0 Å². The number of alkyl halides is 1. The fourth-order valence-electron chi connectivity index (χ4n) is 2.13. The third-order valence-electron chi connectivity index (χ3n) is 3.07. The predicted octanol–water partition coefficient (Wildman–Crippen LogP) is 5.10. The molecule has 2 rings (SSSR count). The minimum Gasteiger partial charge on any atom is -0.497 e. The van der Waals surface area contributed by atoms with E-state index >= 15 is 0 Å². The molecule has 2 aromatic carbocycles. The molecule has 0 fully saturated rings. The molecular formula is C16H16BrClO2. The van der Waals surface area contributed by atoms with Gasteiger partial charge < -0.3 is 9.47 Å². The number of methoxy groups -OCH3 is 2. The first-order chi connectivity index (χ1) is 9.55. The summed E-state index contributed by atoms with van der Waals surface area (Å²) in [7, 11) is 3.28. The number of benzene rings is 2. The van der Waals surface area contributed by atoms with Crippen LogP contribution in [-0.2, 0) is 0 Å². The molecule has 1 unspecified atom stereocenters. The van der Waals surface area contributed by atoms with Crippen LogP contribution < -0.4 is 9.47 Å². The van der Waals surface area contributed by atoms with Crippen LogP contribution >= 0.6 is 27.5 Å². The van der Waals surface area contributed by atoms with Crippen LogP contribution in [0.2, 0.25) is 0 Å². The molecule has 0 N–H and O–H groups in total. The van der Waals surface area contributed by atoms with Crippen LogP contribution in [0, 0.1) is 6.92 Å². The average Bonchev–Trinajstić information content (AvgIpc) is 2.44. The van der Waals surface area contributed by atoms with Crippen molar-refractivity contribution in [2.24, 2.45) is 0 Å². The topological polar surface area (TPSA) is 18.5 Å². The standard InChI is InChI=1S/C16H16BrClO2/c1-10-6-11(8-12(17)7-10)16(18)14-9-13(19-2)4-5-15(14)20-3/h4-9,16H,1-3H3. The summed E-state index contributed by atoms with van der Waals surface area (Å²) in [6.45, 7) is 2.04. The normalized spacial score (nSPS) is 12.1. The lowest BCUT2D eigenvalue weighted by Gasteiger charge is -2.16. The van der Waals surface area contributed by atoms with Crippen LogP contribution in [0.3, 0.4) is 0 Å². The van der Waals surface area contributed by atoms with Crippen molar-refractivity contribution in [3.8, 4) is 11.5 Å². The van der Waals surface area contributed by atoms with Gasteiger partial charge in [-0.05, 0) is 48.4 Å². The Kier molecular flexibility index (Phi) is 4.95. The summed E-state index contributed by atoms with van der Waals surface area (Å²) in [5.41, 5.74) is 3.07. The van der Waals surface area contributed by atoms with E-state index in [1.54, 1.807) is 14.2 Å². The fourth-order valence-corrected chi connectivity index (χ4v) is 3.05. The van der Waals surface area contributed by atoms with Crippen molar-refractivity contribution in [2.45, 2.75) is 12.3 Å². The van der Waals surface area contributed by atoms with Crippen LogP contribution in [0.4, 0.5) is 0 Å². The lowest BCUT2D eigenvalue weighted by atomic mass is 10.0. The van der Waals surface area contributed by atoms with Gasteiger partial charge in [-0.25, -0.2) is 0 Å². The van der Waals surface area contributed by atoms with Crippen LogP contribution in [0.1, 0.15) is 22.1 Å².